The van der Waals surface area contributed by atoms with Gasteiger partial charge >= 0.3 is 0 Å². The van der Waals surface area contributed by atoms with E-state index in [2.05, 4.69) is 21.2 Å². The van der Waals surface area contributed by atoms with Crippen LogP contribution in [0.3, 0.4) is 0 Å². The van der Waals surface area contributed by atoms with Gasteiger partial charge in [-0.2, -0.15) is 0 Å². The molecule has 0 atom stereocenters. The van der Waals surface area contributed by atoms with Crippen molar-refractivity contribution in [2.24, 2.45) is 0 Å². The van der Waals surface area contributed by atoms with Gasteiger partial charge in [-0.3, -0.25) is 9.59 Å². The van der Waals surface area contributed by atoms with Gasteiger partial charge in [0.05, 0.1) is 25.4 Å². The van der Waals surface area contributed by atoms with E-state index in [1.807, 2.05) is 38.1 Å². The minimum Gasteiger partial charge on any atom is -0.493 e. The van der Waals surface area contributed by atoms with Crippen LogP contribution in [0.5, 0.6) is 11.5 Å². The lowest BCUT2D eigenvalue weighted by molar-refractivity contribution is -0.129. The van der Waals surface area contributed by atoms with Crippen LogP contribution in [0.4, 0.5) is 5.69 Å². The molecule has 29 heavy (non-hydrogen) atoms. The Morgan fingerprint density at radius 3 is 2.55 bits per heavy atom. The first-order valence-corrected chi connectivity index (χ1v) is 9.91. The number of carbonyl (C=O) groups excluding carboxylic acids is 2. The molecule has 0 fully saturated rings. The first kappa shape index (κ1) is 22.5. The molecular weight excluding hydrogens is 436 g/mol. The molecule has 0 aliphatic heterocycles. The highest BCUT2D eigenvalue weighted by atomic mass is 79.9. The molecule has 2 rings (SSSR count). The second kappa shape index (κ2) is 10.7. The normalized spacial score (nSPS) is 10.8. The molecule has 0 saturated heterocycles. The highest BCUT2D eigenvalue weighted by Crippen LogP contribution is 2.29. The number of anilines is 1. The number of hydrogen-bond acceptors (Lipinski definition) is 4. The summed E-state index contributed by atoms with van der Waals surface area (Å²) in [5.74, 6) is 0.674. The summed E-state index contributed by atoms with van der Waals surface area (Å²) in [6.45, 7) is 3.82. The van der Waals surface area contributed by atoms with Crippen LogP contribution >= 0.6 is 15.9 Å². The molecule has 1 N–H and O–H groups in total. The molecule has 0 aromatic heterocycles. The van der Waals surface area contributed by atoms with E-state index >= 15 is 0 Å². The van der Waals surface area contributed by atoms with Gasteiger partial charge in [0, 0.05) is 17.6 Å². The lowest BCUT2D eigenvalue weighted by atomic mass is 10.2. The number of nitrogens with zero attached hydrogens (tertiary/aromatic N) is 1. The zero-order valence-corrected chi connectivity index (χ0v) is 18.5. The van der Waals surface area contributed by atoms with E-state index in [-0.39, 0.29) is 24.5 Å². The highest BCUT2D eigenvalue weighted by molar-refractivity contribution is 9.10. The first-order valence-electron chi connectivity index (χ1n) is 9.12. The lowest BCUT2D eigenvalue weighted by Crippen LogP contribution is -2.33. The average molecular weight is 461 g/mol. The van der Waals surface area contributed by atoms with Gasteiger partial charge in [0.15, 0.2) is 11.5 Å². The van der Waals surface area contributed by atoms with Crippen LogP contribution in [-0.2, 0) is 9.59 Å². The van der Waals surface area contributed by atoms with Crippen LogP contribution in [0.25, 0.3) is 6.08 Å². The molecule has 6 nitrogen and oxygen atoms in total. The van der Waals surface area contributed by atoms with Gasteiger partial charge in [-0.15, -0.1) is 0 Å². The molecule has 0 spiro atoms. The van der Waals surface area contributed by atoms with E-state index in [4.69, 9.17) is 9.47 Å². The molecule has 2 aromatic carbocycles. The van der Waals surface area contributed by atoms with Gasteiger partial charge in [0.1, 0.15) is 0 Å². The number of nitrogens with one attached hydrogen (secondary N) is 1. The van der Waals surface area contributed by atoms with Gasteiger partial charge in [-0.25, -0.2) is 0 Å². The van der Waals surface area contributed by atoms with E-state index in [1.54, 1.807) is 38.4 Å². The van der Waals surface area contributed by atoms with Crippen LogP contribution in [0.15, 0.2) is 53.0 Å². The van der Waals surface area contributed by atoms with Crippen molar-refractivity contribution in [1.29, 1.82) is 0 Å². The summed E-state index contributed by atoms with van der Waals surface area (Å²) in [7, 11) is 3.14. The van der Waals surface area contributed by atoms with Gasteiger partial charge in [0.25, 0.3) is 0 Å². The van der Waals surface area contributed by atoms with E-state index in [0.29, 0.717) is 17.2 Å². The minimum atomic E-state index is -0.284. The molecule has 0 radical (unpaired) electrons. The molecule has 0 aliphatic carbocycles. The van der Waals surface area contributed by atoms with Crippen molar-refractivity contribution in [2.45, 2.75) is 20.0 Å². The Kier molecular flexibility index (Phi) is 8.27. The maximum absolute atomic E-state index is 12.3. The van der Waals surface area contributed by atoms with Crippen molar-refractivity contribution in [3.8, 4) is 11.5 Å². The fraction of sp³-hybridized carbons (Fsp3) is 0.273. The number of ether oxygens (including phenoxy) is 2. The number of amides is 2. The Balaban J connectivity index is 1.97. The number of hydrogen-bond donors (Lipinski definition) is 1. The van der Waals surface area contributed by atoms with E-state index in [1.165, 1.54) is 11.0 Å². The number of benzene rings is 2. The summed E-state index contributed by atoms with van der Waals surface area (Å²) in [4.78, 5) is 25.9. The Morgan fingerprint density at radius 1 is 1.17 bits per heavy atom. The summed E-state index contributed by atoms with van der Waals surface area (Å²) in [5, 5.41) is 2.77. The van der Waals surface area contributed by atoms with E-state index in [0.717, 1.165) is 10.0 Å². The summed E-state index contributed by atoms with van der Waals surface area (Å²) < 4.78 is 11.8. The number of methoxy groups -OCH3 is 1. The second-order valence-corrected chi connectivity index (χ2v) is 7.49. The lowest BCUT2D eigenvalue weighted by Gasteiger charge is -2.15. The molecule has 0 saturated carbocycles. The molecule has 154 valence electrons. The fourth-order valence-corrected chi connectivity index (χ4v) is 2.86. The van der Waals surface area contributed by atoms with Crippen LogP contribution in [0, 0.1) is 0 Å². The number of rotatable bonds is 8. The average Bonchev–Trinajstić information content (AvgIpc) is 2.68. The Labute approximate surface area is 179 Å². The molecule has 7 heteroatoms. The van der Waals surface area contributed by atoms with Crippen LogP contribution in [0.1, 0.15) is 19.4 Å². The zero-order chi connectivity index (χ0) is 21.4. The van der Waals surface area contributed by atoms with Crippen LogP contribution < -0.4 is 14.8 Å². The number of halogens is 1. The third-order valence-corrected chi connectivity index (χ3v) is 4.57. The molecule has 0 heterocycles. The largest absolute Gasteiger partial charge is 0.493 e. The maximum atomic E-state index is 12.3. The monoisotopic (exact) mass is 460 g/mol. The quantitative estimate of drug-likeness (QED) is 0.594. The number of carbonyl (C=O) groups is 2. The van der Waals surface area contributed by atoms with E-state index in [9.17, 15) is 9.59 Å². The van der Waals surface area contributed by atoms with Crippen molar-refractivity contribution in [1.82, 2.24) is 4.90 Å². The summed E-state index contributed by atoms with van der Waals surface area (Å²) in [5.41, 5.74) is 1.45. The zero-order valence-electron chi connectivity index (χ0n) is 16.9. The molecule has 2 amide bonds. The minimum absolute atomic E-state index is 0.0307. The molecule has 0 bridgehead atoms. The summed E-state index contributed by atoms with van der Waals surface area (Å²) in [6, 6.07) is 12.7. The molecule has 2 aromatic rings. The topological polar surface area (TPSA) is 67.9 Å². The summed E-state index contributed by atoms with van der Waals surface area (Å²) in [6.07, 6.45) is 3.12. The van der Waals surface area contributed by atoms with Gasteiger partial charge in [0.2, 0.25) is 11.8 Å². The van der Waals surface area contributed by atoms with Gasteiger partial charge < -0.3 is 19.7 Å². The number of para-hydroxylation sites is 1. The molecule has 0 aliphatic rings. The smallest absolute Gasteiger partial charge is 0.246 e. The highest BCUT2D eigenvalue weighted by Gasteiger charge is 2.12. The summed E-state index contributed by atoms with van der Waals surface area (Å²) >= 11 is 3.37. The second-order valence-electron chi connectivity index (χ2n) is 6.63. The molecule has 0 unspecified atom stereocenters. The van der Waals surface area contributed by atoms with Gasteiger partial charge in [-0.1, -0.05) is 18.2 Å². The van der Waals surface area contributed by atoms with Crippen molar-refractivity contribution >= 4 is 39.5 Å². The Hall–Kier alpha value is -2.80. The van der Waals surface area contributed by atoms with Crippen molar-refractivity contribution in [3.63, 3.8) is 0 Å². The molecular formula is C22H25BrN2O4. The van der Waals surface area contributed by atoms with Crippen LogP contribution in [0.2, 0.25) is 0 Å². The van der Waals surface area contributed by atoms with E-state index < -0.39 is 0 Å². The number of likely N-dealkylation sites (N-methyl/N-ethyl adjacent to an activating group) is 1. The SMILES string of the molecule is COc1cc(/C=C/C(=O)N(C)CC(=O)Nc2ccccc2Br)ccc1OC(C)C. The maximum Gasteiger partial charge on any atom is 0.246 e. The van der Waals surface area contributed by atoms with Crippen molar-refractivity contribution < 1.29 is 19.1 Å². The standard InChI is InChI=1S/C22H25BrN2O4/c1-15(2)29-19-11-9-16(13-20(19)28-4)10-12-22(27)25(3)14-21(26)24-18-8-6-5-7-17(18)23/h5-13,15H,14H2,1-4H3,(H,24,26)/b12-10+. The Morgan fingerprint density at radius 2 is 1.90 bits per heavy atom. The van der Waals surface area contributed by atoms with Crippen LogP contribution in [-0.4, -0.2) is 43.5 Å². The fourth-order valence-electron chi connectivity index (χ4n) is 2.48. The van der Waals surface area contributed by atoms with Gasteiger partial charge in [-0.05, 0) is 65.7 Å². The third-order valence-electron chi connectivity index (χ3n) is 3.87. The van der Waals surface area contributed by atoms with Crippen molar-refractivity contribution in [2.75, 3.05) is 26.0 Å². The predicted molar refractivity (Wildman–Crippen MR) is 118 cm³/mol. The van der Waals surface area contributed by atoms with Crippen molar-refractivity contribution in [3.05, 3.63) is 58.6 Å². The first-order chi connectivity index (χ1) is 13.8. The Bertz CT molecular complexity index is 896. The predicted octanol–water partition coefficient (Wildman–Crippen LogP) is 4.36. The third kappa shape index (κ3) is 6.94.